The molecule has 27 nitrogen and oxygen atoms in total. The Morgan fingerprint density at radius 1 is 0.444 bits per heavy atom. The van der Waals surface area contributed by atoms with Crippen molar-refractivity contribution in [3.63, 3.8) is 0 Å². The molecule has 29 heteroatoms. The van der Waals surface area contributed by atoms with Crippen molar-refractivity contribution in [2.24, 2.45) is 23.5 Å². The van der Waals surface area contributed by atoms with Gasteiger partial charge in [0.25, 0.3) is 23.9 Å². The van der Waals surface area contributed by atoms with Crippen molar-refractivity contribution < 1.29 is 164 Å². The Kier molecular flexibility index (Phi) is 58.7. The topological polar surface area (TPSA) is 365 Å². The fourth-order valence-electron chi connectivity index (χ4n) is 8.01. The minimum absolute atomic E-state index is 0. The van der Waals surface area contributed by atoms with Crippen molar-refractivity contribution in [3.05, 3.63) is 12.8 Å². The Balaban J connectivity index is -0.000000970. The van der Waals surface area contributed by atoms with Crippen molar-refractivity contribution in [2.45, 2.75) is 253 Å². The van der Waals surface area contributed by atoms with Crippen LogP contribution in [0.15, 0.2) is 12.8 Å². The second kappa shape index (κ2) is 58.2. The maximum Gasteiger partial charge on any atom is 0.311 e. The van der Waals surface area contributed by atoms with Gasteiger partial charge in [-0.1, -0.05) is 13.5 Å². The van der Waals surface area contributed by atoms with Crippen molar-refractivity contribution in [1.82, 2.24) is 0 Å². The molecule has 0 spiro atoms. The summed E-state index contributed by atoms with van der Waals surface area (Å²) < 4.78 is 69.1. The molecule has 13 unspecified atom stereocenters. The molecule has 5 aliphatic heterocycles. The molecule has 6 N–H and O–H groups in total. The van der Waals surface area contributed by atoms with E-state index in [2.05, 4.69) is 11.3 Å². The first-order valence-electron chi connectivity index (χ1n) is 31.3. The number of hydrogen-bond acceptors (Lipinski definition) is 23. The number of carbonyl (C=O) groups excluding carboxylic acids is 3. The van der Waals surface area contributed by atoms with Gasteiger partial charge in [0.1, 0.15) is 0 Å². The summed E-state index contributed by atoms with van der Waals surface area (Å²) in [5.41, 5.74) is 5.60. The first-order chi connectivity index (χ1) is 42.0. The van der Waals surface area contributed by atoms with Gasteiger partial charge in [-0.05, 0) is 143 Å². The van der Waals surface area contributed by atoms with Crippen LogP contribution >= 0.6 is 0 Å². The van der Waals surface area contributed by atoms with E-state index in [1.807, 2.05) is 20.8 Å². The van der Waals surface area contributed by atoms with Crippen LogP contribution < -0.4 is 5.73 Å². The van der Waals surface area contributed by atoms with Gasteiger partial charge in [0, 0.05) is 118 Å². The van der Waals surface area contributed by atoms with Gasteiger partial charge in [-0.3, -0.25) is 33.6 Å². The number of carboxylic acid groups (broad SMARTS) is 4. The fraction of sp³-hybridized carbons (Fsp3) is 0.852. The largest absolute Gasteiger partial charge is 0.481 e. The molecule has 13 atom stereocenters. The summed E-state index contributed by atoms with van der Waals surface area (Å²) in [7, 11) is 0. The van der Waals surface area contributed by atoms with E-state index in [1.165, 1.54) is 38.4 Å². The number of carboxylic acids is 4. The zero-order valence-electron chi connectivity index (χ0n) is 54.5. The quantitative estimate of drug-likeness (QED) is 0.0145. The standard InChI is InChI=1S/C11H20O4.2C11H18O4.C8H15NO2.C7H12O2.C5H10O2.4C2H4O2.2Rh/c1-2-13-14-8-9-7-10(9)15-11-5-3-4-6-12-11;2*1-2-13-11(12)8-7-9(8)15-10-5-3-4-6-14-10;9-6-5-7(6)11-8-3-1-2-4-10-8;1-2-8-7-5-3-4-6-9-7;1-3-5(6)7-4-2;4*1-2(3)4;;/h9-11H,2-8H2,1H3;2*8-10H,2-7H2,1H3;6-8H,1-5,9H2;2,7H,1,3-6H2;3-4H2,1-2H3;4*1H3,(H,3,4);;. The number of carbonyl (C=O) groups is 7. The summed E-state index contributed by atoms with van der Waals surface area (Å²) in [5, 5.41) is 29.7. The van der Waals surface area contributed by atoms with E-state index >= 15 is 0 Å². The molecule has 5 heterocycles. The first kappa shape index (κ1) is 90.8. The third kappa shape index (κ3) is 55.1. The molecule has 9 aliphatic rings. The molecule has 4 saturated carbocycles. The van der Waals surface area contributed by atoms with Crippen molar-refractivity contribution in [3.8, 4) is 0 Å². The van der Waals surface area contributed by atoms with Gasteiger partial charge in [-0.2, -0.15) is 0 Å². The minimum atomic E-state index is -0.833. The average Bonchev–Trinajstić information content (AvgIpc) is 1.85. The summed E-state index contributed by atoms with van der Waals surface area (Å²) in [4.78, 5) is 78.7. The number of nitrogens with two attached hydrogens (primary N) is 1. The Hall–Kier alpha value is -3.40. The van der Waals surface area contributed by atoms with Gasteiger partial charge < -0.3 is 87.7 Å². The van der Waals surface area contributed by atoms with Crippen LogP contribution in [0.3, 0.4) is 0 Å². The molecule has 2 radical (unpaired) electrons. The van der Waals surface area contributed by atoms with E-state index in [0.29, 0.717) is 51.5 Å². The predicted molar refractivity (Wildman–Crippen MR) is 317 cm³/mol. The van der Waals surface area contributed by atoms with E-state index < -0.39 is 23.9 Å². The number of ether oxygens (including phenoxy) is 13. The minimum Gasteiger partial charge on any atom is -0.481 e. The Morgan fingerprint density at radius 3 is 1.01 bits per heavy atom. The van der Waals surface area contributed by atoms with E-state index in [9.17, 15) is 14.4 Å². The summed E-state index contributed by atoms with van der Waals surface area (Å²) in [6.07, 6.45) is 22.8. The molecule has 0 aromatic carbocycles. The van der Waals surface area contributed by atoms with Crippen LogP contribution in [0, 0.1) is 17.8 Å². The van der Waals surface area contributed by atoms with E-state index in [-0.39, 0.29) is 125 Å². The van der Waals surface area contributed by atoms with Gasteiger partial charge in [0.2, 0.25) is 0 Å². The fourth-order valence-corrected chi connectivity index (χ4v) is 8.01. The van der Waals surface area contributed by atoms with E-state index in [1.54, 1.807) is 13.8 Å². The van der Waals surface area contributed by atoms with Gasteiger partial charge in [-0.15, -0.1) is 0 Å². The smallest absolute Gasteiger partial charge is 0.311 e. The van der Waals surface area contributed by atoms with Crippen LogP contribution in [0.2, 0.25) is 0 Å². The van der Waals surface area contributed by atoms with Crippen LogP contribution in [0.5, 0.6) is 0 Å². The van der Waals surface area contributed by atoms with Crippen LogP contribution in [0.25, 0.3) is 0 Å². The van der Waals surface area contributed by atoms with Crippen molar-refractivity contribution in [2.75, 3.05) is 66.1 Å². The second-order valence-electron chi connectivity index (χ2n) is 21.0. The molecule has 532 valence electrons. The Morgan fingerprint density at radius 2 is 0.756 bits per heavy atom. The van der Waals surface area contributed by atoms with Gasteiger partial charge in [0.15, 0.2) is 31.5 Å². The summed E-state index contributed by atoms with van der Waals surface area (Å²) in [5.74, 6) is -3.30. The third-order valence-electron chi connectivity index (χ3n) is 12.6. The molecule has 0 bridgehead atoms. The van der Waals surface area contributed by atoms with Gasteiger partial charge >= 0.3 is 17.9 Å². The van der Waals surface area contributed by atoms with Crippen LogP contribution in [-0.4, -0.2) is 190 Å². The SMILES string of the molecule is C=COC1CCCCO1.CC(=O)O.CC(=O)O.CC(=O)O.CC(=O)O.CCOC(=O)C1CC1OC1CCCCO1.CCOC(=O)C1CC1OC1CCCCO1.CCOC(=O)CC.CCOOCC1CC1OC1CCCCO1.NC1CC1OC1CCCCO1.[Rh].[Rh]. The van der Waals surface area contributed by atoms with E-state index in [4.69, 9.17) is 112 Å². The van der Waals surface area contributed by atoms with Crippen LogP contribution in [0.4, 0.5) is 0 Å². The Labute approximate surface area is 558 Å². The summed E-state index contributed by atoms with van der Waals surface area (Å²) >= 11 is 0. The summed E-state index contributed by atoms with van der Waals surface area (Å²) in [6, 6.07) is 0.278. The van der Waals surface area contributed by atoms with E-state index in [0.717, 1.165) is 151 Å². The maximum absolute atomic E-state index is 11.3. The summed E-state index contributed by atoms with van der Waals surface area (Å²) in [6.45, 7) is 23.6. The van der Waals surface area contributed by atoms with Crippen LogP contribution in [0.1, 0.15) is 191 Å². The Bertz CT molecular complexity index is 1740. The molecular formula is C61H109NO26Rh2. The molecule has 5 saturated heterocycles. The normalized spacial score (nSPS) is 27.4. The predicted octanol–water partition coefficient (Wildman–Crippen LogP) is 8.47. The van der Waals surface area contributed by atoms with Crippen molar-refractivity contribution in [1.29, 1.82) is 0 Å². The number of rotatable bonds is 20. The molecule has 4 aliphatic carbocycles. The van der Waals surface area contributed by atoms with Crippen LogP contribution in [-0.2, 0) is 144 Å². The number of esters is 3. The van der Waals surface area contributed by atoms with Crippen molar-refractivity contribution >= 4 is 41.8 Å². The maximum atomic E-state index is 11.3. The molecule has 9 fully saturated rings. The molecule has 9 rings (SSSR count). The molecular weight excluding hydrogens is 1370 g/mol. The van der Waals surface area contributed by atoms with Gasteiger partial charge in [0.05, 0.1) is 82.2 Å². The molecule has 90 heavy (non-hydrogen) atoms. The molecule has 0 amide bonds. The molecule has 0 aromatic rings. The monoisotopic (exact) mass is 1480 g/mol. The first-order valence-corrected chi connectivity index (χ1v) is 31.3. The molecule has 0 aromatic heterocycles. The van der Waals surface area contributed by atoms with Gasteiger partial charge in [-0.25, -0.2) is 9.78 Å². The zero-order chi connectivity index (χ0) is 66.1. The zero-order valence-corrected chi connectivity index (χ0v) is 57.8. The third-order valence-corrected chi connectivity index (χ3v) is 12.6. The second-order valence-corrected chi connectivity index (χ2v) is 21.0. The average molecular weight is 1480 g/mol. The number of aliphatic carboxylic acids is 4. The number of hydrogen-bond donors (Lipinski definition) is 5.